The summed E-state index contributed by atoms with van der Waals surface area (Å²) in [5.41, 5.74) is 0. The molecule has 0 aromatic carbocycles. The first kappa shape index (κ1) is 20.4. The number of carbonyl (C=O) groups excluding carboxylic acids is 3. The van der Waals surface area contributed by atoms with Crippen LogP contribution >= 0.6 is 11.3 Å². The van der Waals surface area contributed by atoms with Crippen LogP contribution in [0, 0.1) is 0 Å². The van der Waals surface area contributed by atoms with E-state index in [-0.39, 0.29) is 30.8 Å². The van der Waals surface area contributed by atoms with Gasteiger partial charge < -0.3 is 20.9 Å². The summed E-state index contributed by atoms with van der Waals surface area (Å²) in [6.07, 6.45) is 4.85. The number of piperidine rings is 1. The van der Waals surface area contributed by atoms with E-state index in [4.69, 9.17) is 0 Å². The Labute approximate surface area is 158 Å². The Bertz CT molecular complexity index is 591. The van der Waals surface area contributed by atoms with Gasteiger partial charge in [0.15, 0.2) is 0 Å². The zero-order chi connectivity index (χ0) is 18.8. The molecule has 2 rings (SSSR count). The van der Waals surface area contributed by atoms with Crippen molar-refractivity contribution < 1.29 is 19.3 Å². The van der Waals surface area contributed by atoms with Gasteiger partial charge in [-0.3, -0.25) is 14.4 Å². The molecule has 7 nitrogen and oxygen atoms in total. The van der Waals surface area contributed by atoms with Crippen molar-refractivity contribution in [2.24, 2.45) is 0 Å². The first-order valence-corrected chi connectivity index (χ1v) is 10.1. The molecule has 1 unspecified atom stereocenters. The summed E-state index contributed by atoms with van der Waals surface area (Å²) >= 11 is 1.31. The maximum Gasteiger partial charge on any atom is 0.261 e. The predicted molar refractivity (Wildman–Crippen MR) is 101 cm³/mol. The number of likely N-dealkylation sites (tertiary alicyclic amines) is 1. The maximum atomic E-state index is 11.8. The van der Waals surface area contributed by atoms with E-state index in [9.17, 15) is 14.4 Å². The van der Waals surface area contributed by atoms with Crippen molar-refractivity contribution in [1.82, 2.24) is 16.0 Å². The Hall–Kier alpha value is -1.93. The third-order valence-electron chi connectivity index (χ3n) is 4.68. The molecular formula is C18H29N4O3S+. The van der Waals surface area contributed by atoms with Gasteiger partial charge in [-0.05, 0) is 37.6 Å². The van der Waals surface area contributed by atoms with E-state index >= 15 is 0 Å². The van der Waals surface area contributed by atoms with Crippen molar-refractivity contribution in [3.8, 4) is 0 Å². The molecule has 26 heavy (non-hydrogen) atoms. The fraction of sp³-hybridized carbons (Fsp3) is 0.611. The Morgan fingerprint density at radius 3 is 2.65 bits per heavy atom. The summed E-state index contributed by atoms with van der Waals surface area (Å²) in [6.45, 7) is 5.01. The van der Waals surface area contributed by atoms with Crippen molar-refractivity contribution in [2.75, 3.05) is 32.7 Å². The molecule has 0 saturated carbocycles. The molecule has 1 aromatic heterocycles. The number of rotatable bonds is 9. The molecule has 1 saturated heterocycles. The van der Waals surface area contributed by atoms with Gasteiger partial charge in [-0.2, -0.15) is 0 Å². The molecule has 0 spiro atoms. The largest absolute Gasteiger partial charge is 0.354 e. The van der Waals surface area contributed by atoms with Crippen LogP contribution in [0.3, 0.4) is 0 Å². The zero-order valence-corrected chi connectivity index (χ0v) is 16.1. The van der Waals surface area contributed by atoms with Crippen molar-refractivity contribution in [2.45, 2.75) is 38.6 Å². The molecule has 2 heterocycles. The Morgan fingerprint density at radius 2 is 1.92 bits per heavy atom. The second-order valence-corrected chi connectivity index (χ2v) is 7.64. The zero-order valence-electron chi connectivity index (χ0n) is 15.3. The molecule has 1 aliphatic rings. The lowest BCUT2D eigenvalue weighted by Gasteiger charge is -2.30. The van der Waals surface area contributed by atoms with Crippen LogP contribution in [0.5, 0.6) is 0 Å². The number of thiophene rings is 1. The molecule has 0 bridgehead atoms. The molecule has 0 aliphatic carbocycles. The monoisotopic (exact) mass is 381 g/mol. The van der Waals surface area contributed by atoms with E-state index in [2.05, 4.69) is 22.9 Å². The van der Waals surface area contributed by atoms with Gasteiger partial charge in [0, 0.05) is 13.0 Å². The van der Waals surface area contributed by atoms with Crippen LogP contribution in [0.25, 0.3) is 0 Å². The van der Waals surface area contributed by atoms with E-state index < -0.39 is 0 Å². The lowest BCUT2D eigenvalue weighted by molar-refractivity contribution is -0.928. The molecule has 1 aromatic rings. The fourth-order valence-corrected chi connectivity index (χ4v) is 3.77. The van der Waals surface area contributed by atoms with E-state index in [1.165, 1.54) is 37.1 Å². The summed E-state index contributed by atoms with van der Waals surface area (Å²) in [5.74, 6) is -0.865. The van der Waals surface area contributed by atoms with Crippen LogP contribution in [0.15, 0.2) is 17.5 Å². The first-order valence-electron chi connectivity index (χ1n) is 9.26. The summed E-state index contributed by atoms with van der Waals surface area (Å²) in [6, 6.07) is 4.18. The minimum atomic E-state index is -0.378. The number of quaternary nitrogens is 1. The predicted octanol–water partition coefficient (Wildman–Crippen LogP) is -0.442. The highest BCUT2D eigenvalue weighted by Gasteiger charge is 2.20. The molecule has 3 amide bonds. The molecule has 1 fully saturated rings. The van der Waals surface area contributed by atoms with Crippen molar-refractivity contribution in [3.63, 3.8) is 0 Å². The van der Waals surface area contributed by atoms with Gasteiger partial charge in [0.1, 0.15) is 0 Å². The van der Waals surface area contributed by atoms with E-state index in [0.29, 0.717) is 17.5 Å². The Balaban J connectivity index is 1.51. The van der Waals surface area contributed by atoms with E-state index in [1.54, 1.807) is 22.4 Å². The lowest BCUT2D eigenvalue weighted by atomic mass is 10.0. The second kappa shape index (κ2) is 10.9. The van der Waals surface area contributed by atoms with Gasteiger partial charge >= 0.3 is 0 Å². The van der Waals surface area contributed by atoms with Gasteiger partial charge in [0.2, 0.25) is 11.8 Å². The van der Waals surface area contributed by atoms with Crippen LogP contribution in [0.2, 0.25) is 0 Å². The number of hydrogen-bond acceptors (Lipinski definition) is 4. The summed E-state index contributed by atoms with van der Waals surface area (Å²) in [4.78, 5) is 37.4. The number of carbonyl (C=O) groups is 3. The van der Waals surface area contributed by atoms with Crippen molar-refractivity contribution >= 4 is 29.1 Å². The highest BCUT2D eigenvalue weighted by atomic mass is 32.1. The van der Waals surface area contributed by atoms with Gasteiger partial charge in [0.25, 0.3) is 5.91 Å². The smallest absolute Gasteiger partial charge is 0.261 e. The van der Waals surface area contributed by atoms with Gasteiger partial charge in [-0.1, -0.05) is 6.07 Å². The normalized spacial score (nSPS) is 19.6. The number of hydrogen-bond donors (Lipinski definition) is 4. The number of amides is 3. The van der Waals surface area contributed by atoms with Gasteiger partial charge in [-0.15, -0.1) is 11.3 Å². The summed E-state index contributed by atoms with van der Waals surface area (Å²) in [5, 5.41) is 9.66. The molecule has 144 valence electrons. The average molecular weight is 382 g/mol. The summed E-state index contributed by atoms with van der Waals surface area (Å²) in [7, 11) is 0. The lowest BCUT2D eigenvalue weighted by Crippen LogP contribution is -3.16. The fourth-order valence-electron chi connectivity index (χ4n) is 3.13. The first-order chi connectivity index (χ1) is 12.6. The van der Waals surface area contributed by atoms with Gasteiger partial charge in [-0.25, -0.2) is 0 Å². The molecule has 0 radical (unpaired) electrons. The molecular weight excluding hydrogens is 352 g/mol. The topological polar surface area (TPSA) is 91.7 Å². The Morgan fingerprint density at radius 1 is 1.15 bits per heavy atom. The second-order valence-electron chi connectivity index (χ2n) is 6.70. The quantitative estimate of drug-likeness (QED) is 0.437. The van der Waals surface area contributed by atoms with Gasteiger partial charge in [0.05, 0.1) is 37.1 Å². The average Bonchev–Trinajstić information content (AvgIpc) is 3.17. The van der Waals surface area contributed by atoms with Crippen molar-refractivity contribution in [3.05, 3.63) is 22.4 Å². The highest BCUT2D eigenvalue weighted by Crippen LogP contribution is 2.07. The van der Waals surface area contributed by atoms with Crippen LogP contribution in [0.1, 0.15) is 42.3 Å². The minimum absolute atomic E-state index is 0.0688. The van der Waals surface area contributed by atoms with E-state index in [1.807, 2.05) is 0 Å². The standard InChI is InChI=1S/C18H28N4O3S/c1-14-6-2-3-9-22(14)10-5-8-19-16(23)12-20-17(24)13-21-18(25)15-7-4-11-26-15/h4,7,11,14H,2-3,5-6,8-10,12-13H2,1H3,(H,19,23)(H,20,24)(H,21,25)/p+1/t14-/m1/s1. The van der Waals surface area contributed by atoms with Crippen molar-refractivity contribution in [1.29, 1.82) is 0 Å². The molecule has 2 atom stereocenters. The molecule has 8 heteroatoms. The third-order valence-corrected chi connectivity index (χ3v) is 5.55. The molecule has 4 N–H and O–H groups in total. The van der Waals surface area contributed by atoms with Crippen LogP contribution in [0.4, 0.5) is 0 Å². The SMILES string of the molecule is C[C@@H]1CCCC[NH+]1CCCNC(=O)CNC(=O)CNC(=O)c1cccs1. The molecule has 1 aliphatic heterocycles. The maximum absolute atomic E-state index is 11.8. The third kappa shape index (κ3) is 7.13. The van der Waals surface area contributed by atoms with Crippen LogP contribution in [-0.2, 0) is 9.59 Å². The van der Waals surface area contributed by atoms with Crippen LogP contribution < -0.4 is 20.9 Å². The highest BCUT2D eigenvalue weighted by molar-refractivity contribution is 7.12. The summed E-state index contributed by atoms with van der Waals surface area (Å²) < 4.78 is 0. The minimum Gasteiger partial charge on any atom is -0.354 e. The number of nitrogens with one attached hydrogen (secondary N) is 4. The van der Waals surface area contributed by atoms with Crippen LogP contribution in [-0.4, -0.2) is 56.5 Å². The Kier molecular flexibility index (Phi) is 8.57. The van der Waals surface area contributed by atoms with E-state index in [0.717, 1.165) is 13.0 Å².